The molecular weight excluding hydrogens is 394 g/mol. The molecule has 2 aromatic rings. The molecule has 0 atom stereocenters. The molecule has 1 aromatic carbocycles. The van der Waals surface area contributed by atoms with Gasteiger partial charge in [0.2, 0.25) is 10.0 Å². The van der Waals surface area contributed by atoms with Crippen molar-refractivity contribution in [2.45, 2.75) is 23.8 Å². The van der Waals surface area contributed by atoms with Crippen LogP contribution in [0.4, 0.5) is 0 Å². The Balaban J connectivity index is 1.51. The monoisotopic (exact) mass is 421 g/mol. The maximum absolute atomic E-state index is 12.7. The summed E-state index contributed by atoms with van der Waals surface area (Å²) < 4.78 is 32.8. The average Bonchev–Trinajstić information content (AvgIpc) is 2.65. The van der Waals surface area contributed by atoms with Gasteiger partial charge in [-0.25, -0.2) is 13.4 Å². The zero-order valence-corrected chi connectivity index (χ0v) is 18.2. The highest BCUT2D eigenvalue weighted by Gasteiger charge is 2.27. The number of ether oxygens (including phenoxy) is 1. The minimum absolute atomic E-state index is 0.257. The van der Waals surface area contributed by atoms with E-state index >= 15 is 0 Å². The van der Waals surface area contributed by atoms with Gasteiger partial charge in [-0.3, -0.25) is 0 Å². The fourth-order valence-corrected chi connectivity index (χ4v) is 5.14. The van der Waals surface area contributed by atoms with Gasteiger partial charge < -0.3 is 9.64 Å². The number of sulfonamides is 1. The topological polar surface area (TPSA) is 62.7 Å². The van der Waals surface area contributed by atoms with Crippen molar-refractivity contribution in [2.24, 2.45) is 0 Å². The van der Waals surface area contributed by atoms with Gasteiger partial charge >= 0.3 is 0 Å². The van der Waals surface area contributed by atoms with E-state index in [4.69, 9.17) is 4.74 Å². The number of rotatable bonds is 7. The summed E-state index contributed by atoms with van der Waals surface area (Å²) in [5.74, 6) is 1.62. The van der Waals surface area contributed by atoms with E-state index in [0.717, 1.165) is 29.6 Å². The first-order valence-corrected chi connectivity index (χ1v) is 11.8. The number of aromatic nitrogens is 1. The quantitative estimate of drug-likeness (QED) is 0.506. The smallest absolute Gasteiger partial charge is 0.244 e. The van der Waals surface area contributed by atoms with Crippen LogP contribution in [0, 0.1) is 13.8 Å². The standard InChI is InChI=1S/C20H27N3O3S2/c1-16-12-17(2)14-18(13-16)26-10-11-27-20-5-4-19(15-21-20)28(24,25)23-8-6-22(3)7-9-23/h4-5,12-15H,6-11H2,1-3H3. The first kappa shape index (κ1) is 21.1. The van der Waals surface area contributed by atoms with Crippen molar-refractivity contribution in [2.75, 3.05) is 45.6 Å². The van der Waals surface area contributed by atoms with Gasteiger partial charge in [0, 0.05) is 38.1 Å². The van der Waals surface area contributed by atoms with Gasteiger partial charge in [0.15, 0.2) is 0 Å². The van der Waals surface area contributed by atoms with Crippen molar-refractivity contribution in [3.63, 3.8) is 0 Å². The predicted molar refractivity (Wildman–Crippen MR) is 113 cm³/mol. The summed E-state index contributed by atoms with van der Waals surface area (Å²) in [6.45, 7) is 7.21. The molecule has 0 aliphatic carbocycles. The Morgan fingerprint density at radius 1 is 1.07 bits per heavy atom. The van der Waals surface area contributed by atoms with Crippen LogP contribution in [-0.2, 0) is 10.0 Å². The number of benzene rings is 1. The van der Waals surface area contributed by atoms with Crippen LogP contribution >= 0.6 is 11.8 Å². The number of nitrogens with zero attached hydrogens (tertiary/aromatic N) is 3. The maximum atomic E-state index is 12.7. The van der Waals surface area contributed by atoms with E-state index in [0.29, 0.717) is 19.7 Å². The lowest BCUT2D eigenvalue weighted by Crippen LogP contribution is -2.47. The van der Waals surface area contributed by atoms with Gasteiger partial charge in [0.05, 0.1) is 11.6 Å². The van der Waals surface area contributed by atoms with Gasteiger partial charge in [-0.05, 0) is 56.3 Å². The van der Waals surface area contributed by atoms with E-state index in [9.17, 15) is 8.42 Å². The molecule has 0 N–H and O–H groups in total. The van der Waals surface area contributed by atoms with Crippen LogP contribution in [0.5, 0.6) is 5.75 Å². The van der Waals surface area contributed by atoms with Crippen molar-refractivity contribution in [1.29, 1.82) is 0 Å². The second kappa shape index (κ2) is 9.26. The van der Waals surface area contributed by atoms with Gasteiger partial charge in [0.1, 0.15) is 10.6 Å². The van der Waals surface area contributed by atoms with E-state index in [-0.39, 0.29) is 4.90 Å². The maximum Gasteiger partial charge on any atom is 0.244 e. The Morgan fingerprint density at radius 2 is 1.75 bits per heavy atom. The largest absolute Gasteiger partial charge is 0.493 e. The Hall–Kier alpha value is -1.61. The molecule has 1 fully saturated rings. The summed E-state index contributed by atoms with van der Waals surface area (Å²) in [7, 11) is -1.46. The SMILES string of the molecule is Cc1cc(C)cc(OCCSc2ccc(S(=O)(=O)N3CCN(C)CC3)cn2)c1. The zero-order chi connectivity index (χ0) is 20.1. The third kappa shape index (κ3) is 5.47. The lowest BCUT2D eigenvalue weighted by atomic mass is 10.1. The summed E-state index contributed by atoms with van der Waals surface area (Å²) in [5.41, 5.74) is 2.36. The van der Waals surface area contributed by atoms with Gasteiger partial charge in [-0.1, -0.05) is 6.07 Å². The summed E-state index contributed by atoms with van der Waals surface area (Å²) >= 11 is 1.55. The van der Waals surface area contributed by atoms with Crippen molar-refractivity contribution >= 4 is 21.8 Å². The molecule has 8 heteroatoms. The number of aryl methyl sites for hydroxylation is 2. The molecule has 6 nitrogen and oxygen atoms in total. The van der Waals surface area contributed by atoms with Crippen molar-refractivity contribution in [3.8, 4) is 5.75 Å². The molecule has 152 valence electrons. The molecule has 3 rings (SSSR count). The van der Waals surface area contributed by atoms with Crippen molar-refractivity contribution in [3.05, 3.63) is 47.7 Å². The second-order valence-corrected chi connectivity index (χ2v) is 10.1. The van der Waals surface area contributed by atoms with Crippen LogP contribution in [-0.4, -0.2) is 68.2 Å². The van der Waals surface area contributed by atoms with Crippen molar-refractivity contribution < 1.29 is 13.2 Å². The van der Waals surface area contributed by atoms with Gasteiger partial charge in [-0.15, -0.1) is 11.8 Å². The van der Waals surface area contributed by atoms with E-state index in [1.165, 1.54) is 21.6 Å². The van der Waals surface area contributed by atoms with Crippen LogP contribution in [0.25, 0.3) is 0 Å². The minimum atomic E-state index is -3.46. The van der Waals surface area contributed by atoms with E-state index < -0.39 is 10.0 Å². The molecule has 0 amide bonds. The van der Waals surface area contributed by atoms with E-state index in [1.807, 2.05) is 19.2 Å². The van der Waals surface area contributed by atoms with E-state index in [2.05, 4.69) is 29.8 Å². The third-order valence-corrected chi connectivity index (χ3v) is 7.40. The van der Waals surface area contributed by atoms with Gasteiger partial charge in [0.25, 0.3) is 0 Å². The number of piperazine rings is 1. The lowest BCUT2D eigenvalue weighted by Gasteiger charge is -2.31. The fraction of sp³-hybridized carbons (Fsp3) is 0.450. The third-order valence-electron chi connectivity index (χ3n) is 4.61. The first-order valence-electron chi connectivity index (χ1n) is 9.33. The lowest BCUT2D eigenvalue weighted by molar-refractivity contribution is 0.222. The molecular formula is C20H27N3O3S2. The van der Waals surface area contributed by atoms with Crippen LogP contribution < -0.4 is 4.74 Å². The average molecular weight is 422 g/mol. The summed E-state index contributed by atoms with van der Waals surface area (Å²) in [6.07, 6.45) is 1.46. The van der Waals surface area contributed by atoms with Crippen LogP contribution in [0.3, 0.4) is 0 Å². The number of pyridine rings is 1. The predicted octanol–water partition coefficient (Wildman–Crippen LogP) is 2.81. The minimum Gasteiger partial charge on any atom is -0.493 e. The number of hydrogen-bond acceptors (Lipinski definition) is 6. The van der Waals surface area contributed by atoms with Crippen LogP contribution in [0.2, 0.25) is 0 Å². The number of likely N-dealkylation sites (N-methyl/N-ethyl adjacent to an activating group) is 1. The number of hydrogen-bond donors (Lipinski definition) is 0. The Kier molecular flexibility index (Phi) is 6.98. The van der Waals surface area contributed by atoms with Gasteiger partial charge in [-0.2, -0.15) is 4.31 Å². The molecule has 28 heavy (non-hydrogen) atoms. The summed E-state index contributed by atoms with van der Waals surface area (Å²) in [6, 6.07) is 9.57. The molecule has 0 spiro atoms. The Labute approximate surface area is 172 Å². The Morgan fingerprint density at radius 3 is 2.36 bits per heavy atom. The van der Waals surface area contributed by atoms with Crippen molar-refractivity contribution in [1.82, 2.24) is 14.2 Å². The molecule has 1 aliphatic heterocycles. The molecule has 0 radical (unpaired) electrons. The zero-order valence-electron chi connectivity index (χ0n) is 16.6. The van der Waals surface area contributed by atoms with E-state index in [1.54, 1.807) is 23.9 Å². The molecule has 0 unspecified atom stereocenters. The van der Waals surface area contributed by atoms with Crippen LogP contribution in [0.15, 0.2) is 46.5 Å². The summed E-state index contributed by atoms with van der Waals surface area (Å²) in [5, 5.41) is 0.793. The molecule has 1 saturated heterocycles. The molecule has 2 heterocycles. The highest BCUT2D eigenvalue weighted by Crippen LogP contribution is 2.21. The molecule has 1 aliphatic rings. The summed E-state index contributed by atoms with van der Waals surface area (Å²) in [4.78, 5) is 6.71. The fourth-order valence-electron chi connectivity index (χ4n) is 3.10. The Bertz CT molecular complexity index is 873. The number of thioether (sulfide) groups is 1. The highest BCUT2D eigenvalue weighted by atomic mass is 32.2. The van der Waals surface area contributed by atoms with Crippen LogP contribution in [0.1, 0.15) is 11.1 Å². The molecule has 1 aromatic heterocycles. The second-order valence-electron chi connectivity index (χ2n) is 7.06. The molecule has 0 bridgehead atoms. The normalized spacial score (nSPS) is 16.2. The highest BCUT2D eigenvalue weighted by molar-refractivity contribution is 7.99. The first-order chi connectivity index (χ1) is 13.3. The molecule has 0 saturated carbocycles.